The SMILES string of the molecule is c1ccc(NCC2NCC3CCCC32)cc1. The van der Waals surface area contributed by atoms with E-state index in [-0.39, 0.29) is 0 Å². The molecule has 1 aromatic rings. The second-order valence-corrected chi connectivity index (χ2v) is 5.12. The molecular weight excluding hydrogens is 196 g/mol. The minimum absolute atomic E-state index is 0.688. The standard InChI is InChI=1S/C14H20N2/c1-2-6-12(7-3-1)15-10-14-13-8-4-5-11(13)9-16-14/h1-3,6-7,11,13-16H,4-5,8-10H2. The van der Waals surface area contributed by atoms with Gasteiger partial charge in [0, 0.05) is 18.3 Å². The zero-order valence-corrected chi connectivity index (χ0v) is 9.65. The predicted octanol–water partition coefficient (Wildman–Crippen LogP) is 2.49. The van der Waals surface area contributed by atoms with Gasteiger partial charge in [0.25, 0.3) is 0 Å². The molecule has 2 aliphatic rings. The van der Waals surface area contributed by atoms with Gasteiger partial charge in [-0.3, -0.25) is 0 Å². The smallest absolute Gasteiger partial charge is 0.0340 e. The van der Waals surface area contributed by atoms with E-state index in [9.17, 15) is 0 Å². The summed E-state index contributed by atoms with van der Waals surface area (Å²) in [6.45, 7) is 2.32. The van der Waals surface area contributed by atoms with Crippen molar-refractivity contribution in [2.24, 2.45) is 11.8 Å². The lowest BCUT2D eigenvalue weighted by Gasteiger charge is -2.19. The Morgan fingerprint density at radius 3 is 2.94 bits per heavy atom. The molecule has 16 heavy (non-hydrogen) atoms. The van der Waals surface area contributed by atoms with Gasteiger partial charge in [-0.2, -0.15) is 0 Å². The Kier molecular flexibility index (Phi) is 2.83. The predicted molar refractivity (Wildman–Crippen MR) is 67.6 cm³/mol. The van der Waals surface area contributed by atoms with Gasteiger partial charge in [0.1, 0.15) is 0 Å². The van der Waals surface area contributed by atoms with E-state index < -0.39 is 0 Å². The van der Waals surface area contributed by atoms with Crippen LogP contribution < -0.4 is 10.6 Å². The zero-order chi connectivity index (χ0) is 10.8. The number of nitrogens with one attached hydrogen (secondary N) is 2. The molecule has 1 aliphatic carbocycles. The van der Waals surface area contributed by atoms with E-state index >= 15 is 0 Å². The van der Waals surface area contributed by atoms with Crippen LogP contribution in [0.1, 0.15) is 19.3 Å². The quantitative estimate of drug-likeness (QED) is 0.811. The first-order chi connectivity index (χ1) is 7.93. The molecule has 1 aliphatic heterocycles. The van der Waals surface area contributed by atoms with Crippen molar-refractivity contribution in [2.75, 3.05) is 18.4 Å². The van der Waals surface area contributed by atoms with Gasteiger partial charge in [-0.05, 0) is 43.4 Å². The van der Waals surface area contributed by atoms with E-state index in [2.05, 4.69) is 41.0 Å². The van der Waals surface area contributed by atoms with Crippen LogP contribution in [0.3, 0.4) is 0 Å². The molecule has 0 bridgehead atoms. The molecule has 0 radical (unpaired) electrons. The average Bonchev–Trinajstić information content (AvgIpc) is 2.90. The van der Waals surface area contributed by atoms with Crippen LogP contribution in [-0.4, -0.2) is 19.1 Å². The van der Waals surface area contributed by atoms with E-state index in [1.54, 1.807) is 0 Å². The summed E-state index contributed by atoms with van der Waals surface area (Å²) in [5.41, 5.74) is 1.24. The molecule has 3 unspecified atom stereocenters. The van der Waals surface area contributed by atoms with Gasteiger partial charge >= 0.3 is 0 Å². The Balaban J connectivity index is 1.56. The van der Waals surface area contributed by atoms with Crippen molar-refractivity contribution < 1.29 is 0 Å². The fraction of sp³-hybridized carbons (Fsp3) is 0.571. The van der Waals surface area contributed by atoms with E-state index in [0.717, 1.165) is 18.4 Å². The molecule has 3 atom stereocenters. The third-order valence-electron chi connectivity index (χ3n) is 4.18. The van der Waals surface area contributed by atoms with Crippen LogP contribution in [0.25, 0.3) is 0 Å². The van der Waals surface area contributed by atoms with Crippen LogP contribution in [0, 0.1) is 11.8 Å². The fourth-order valence-corrected chi connectivity index (χ4v) is 3.31. The highest BCUT2D eigenvalue weighted by molar-refractivity contribution is 5.42. The normalized spacial score (nSPS) is 32.6. The number of rotatable bonds is 3. The van der Waals surface area contributed by atoms with Crippen LogP contribution in [0.5, 0.6) is 0 Å². The van der Waals surface area contributed by atoms with Gasteiger partial charge in [-0.1, -0.05) is 24.6 Å². The van der Waals surface area contributed by atoms with Crippen molar-refractivity contribution in [3.63, 3.8) is 0 Å². The maximum Gasteiger partial charge on any atom is 0.0340 e. The number of para-hydroxylation sites is 1. The summed E-state index contributed by atoms with van der Waals surface area (Å²) in [6.07, 6.45) is 4.32. The van der Waals surface area contributed by atoms with Gasteiger partial charge in [-0.25, -0.2) is 0 Å². The summed E-state index contributed by atoms with van der Waals surface area (Å²) in [5, 5.41) is 7.20. The molecule has 2 N–H and O–H groups in total. The van der Waals surface area contributed by atoms with E-state index in [0.29, 0.717) is 6.04 Å². The number of fused-ring (bicyclic) bond motifs is 1. The minimum atomic E-state index is 0.688. The number of hydrogen-bond acceptors (Lipinski definition) is 2. The highest BCUT2D eigenvalue weighted by Gasteiger charge is 2.38. The van der Waals surface area contributed by atoms with Crippen LogP contribution in [0.4, 0.5) is 5.69 Å². The van der Waals surface area contributed by atoms with E-state index in [1.807, 2.05) is 0 Å². The Hall–Kier alpha value is -1.02. The number of benzene rings is 1. The maximum absolute atomic E-state index is 3.67. The van der Waals surface area contributed by atoms with Gasteiger partial charge < -0.3 is 10.6 Å². The van der Waals surface area contributed by atoms with Crippen LogP contribution in [0.15, 0.2) is 30.3 Å². The Morgan fingerprint density at radius 1 is 1.19 bits per heavy atom. The molecule has 2 fully saturated rings. The largest absolute Gasteiger partial charge is 0.383 e. The highest BCUT2D eigenvalue weighted by Crippen LogP contribution is 2.37. The van der Waals surface area contributed by atoms with Gasteiger partial charge in [0.15, 0.2) is 0 Å². The first-order valence-corrected chi connectivity index (χ1v) is 6.46. The minimum Gasteiger partial charge on any atom is -0.383 e. The summed E-state index contributed by atoms with van der Waals surface area (Å²) in [4.78, 5) is 0. The lowest BCUT2D eigenvalue weighted by molar-refractivity contribution is 0.423. The molecule has 2 nitrogen and oxygen atoms in total. The van der Waals surface area contributed by atoms with E-state index in [1.165, 1.54) is 31.5 Å². The molecule has 1 saturated heterocycles. The lowest BCUT2D eigenvalue weighted by Crippen LogP contribution is -2.34. The molecule has 0 spiro atoms. The second-order valence-electron chi connectivity index (χ2n) is 5.12. The van der Waals surface area contributed by atoms with Crippen molar-refractivity contribution in [2.45, 2.75) is 25.3 Å². The number of anilines is 1. The monoisotopic (exact) mass is 216 g/mol. The van der Waals surface area contributed by atoms with Crippen LogP contribution in [-0.2, 0) is 0 Å². The third-order valence-corrected chi connectivity index (χ3v) is 4.18. The Bertz CT molecular complexity index is 336. The first-order valence-electron chi connectivity index (χ1n) is 6.46. The van der Waals surface area contributed by atoms with Crippen molar-refractivity contribution >= 4 is 5.69 Å². The second kappa shape index (κ2) is 4.46. The van der Waals surface area contributed by atoms with Crippen LogP contribution in [0.2, 0.25) is 0 Å². The van der Waals surface area contributed by atoms with Gasteiger partial charge in [-0.15, -0.1) is 0 Å². The summed E-state index contributed by atoms with van der Waals surface area (Å²) in [6, 6.07) is 11.2. The van der Waals surface area contributed by atoms with Crippen molar-refractivity contribution in [1.82, 2.24) is 5.32 Å². The summed E-state index contributed by atoms with van der Waals surface area (Å²) < 4.78 is 0. The maximum atomic E-state index is 3.67. The van der Waals surface area contributed by atoms with Crippen molar-refractivity contribution in [1.29, 1.82) is 0 Å². The third kappa shape index (κ3) is 1.94. The fourth-order valence-electron chi connectivity index (χ4n) is 3.31. The molecule has 86 valence electrons. The topological polar surface area (TPSA) is 24.1 Å². The summed E-state index contributed by atoms with van der Waals surface area (Å²) in [5.74, 6) is 1.89. The molecule has 3 rings (SSSR count). The zero-order valence-electron chi connectivity index (χ0n) is 9.65. The molecule has 0 amide bonds. The molecule has 1 saturated carbocycles. The Morgan fingerprint density at radius 2 is 2.06 bits per heavy atom. The summed E-state index contributed by atoms with van der Waals surface area (Å²) >= 11 is 0. The Labute approximate surface area is 97.4 Å². The molecule has 0 aromatic heterocycles. The molecule has 1 aromatic carbocycles. The molecule has 2 heteroatoms. The van der Waals surface area contributed by atoms with Gasteiger partial charge in [0.05, 0.1) is 0 Å². The van der Waals surface area contributed by atoms with Crippen molar-refractivity contribution in [3.8, 4) is 0 Å². The van der Waals surface area contributed by atoms with E-state index in [4.69, 9.17) is 0 Å². The lowest BCUT2D eigenvalue weighted by atomic mass is 9.94. The first kappa shape index (κ1) is 10.2. The average molecular weight is 216 g/mol. The number of hydrogen-bond donors (Lipinski definition) is 2. The molecular formula is C14H20N2. The molecule has 1 heterocycles. The highest BCUT2D eigenvalue weighted by atomic mass is 15.0. The van der Waals surface area contributed by atoms with Crippen molar-refractivity contribution in [3.05, 3.63) is 30.3 Å². The van der Waals surface area contributed by atoms with Gasteiger partial charge in [0.2, 0.25) is 0 Å². The summed E-state index contributed by atoms with van der Waals surface area (Å²) in [7, 11) is 0. The van der Waals surface area contributed by atoms with Crippen LogP contribution >= 0.6 is 0 Å².